The largest absolute Gasteiger partial charge is 0.423 e. The first-order valence-corrected chi connectivity index (χ1v) is 10.0. The van der Waals surface area contributed by atoms with Crippen LogP contribution < -0.4 is 15.5 Å². The van der Waals surface area contributed by atoms with Gasteiger partial charge in [0.2, 0.25) is 0 Å². The van der Waals surface area contributed by atoms with Crippen LogP contribution in [0.2, 0.25) is 5.02 Å². The number of ether oxygens (including phenoxy) is 1. The molecular formula is C24H20ClN3O4. The van der Waals surface area contributed by atoms with Crippen molar-refractivity contribution in [2.24, 2.45) is 5.10 Å². The Labute approximate surface area is 190 Å². The molecule has 0 radical (unpaired) electrons. The lowest BCUT2D eigenvalue weighted by Crippen LogP contribution is -2.34. The molecule has 8 heteroatoms. The molecule has 0 unspecified atom stereocenters. The molecule has 0 aliphatic rings. The van der Waals surface area contributed by atoms with Crippen LogP contribution in [0.25, 0.3) is 0 Å². The maximum Gasteiger partial charge on any atom is 0.343 e. The Hall–Kier alpha value is -3.97. The lowest BCUT2D eigenvalue weighted by atomic mass is 10.1. The van der Waals surface area contributed by atoms with E-state index in [0.29, 0.717) is 27.5 Å². The van der Waals surface area contributed by atoms with Crippen LogP contribution in [0.5, 0.6) is 5.75 Å². The maximum absolute atomic E-state index is 12.1. The summed E-state index contributed by atoms with van der Waals surface area (Å²) in [6.07, 6.45) is 1.44. The van der Waals surface area contributed by atoms with Crippen LogP contribution in [0, 0.1) is 6.92 Å². The molecule has 0 aromatic heterocycles. The van der Waals surface area contributed by atoms with E-state index >= 15 is 0 Å². The zero-order chi connectivity index (χ0) is 22.9. The third kappa shape index (κ3) is 6.78. The molecule has 0 bridgehead atoms. The third-order valence-corrected chi connectivity index (χ3v) is 4.52. The van der Waals surface area contributed by atoms with Gasteiger partial charge in [0.25, 0.3) is 11.8 Å². The van der Waals surface area contributed by atoms with Crippen molar-refractivity contribution < 1.29 is 19.1 Å². The maximum atomic E-state index is 12.1. The predicted octanol–water partition coefficient (Wildman–Crippen LogP) is 3.75. The van der Waals surface area contributed by atoms with Crippen LogP contribution >= 0.6 is 11.6 Å². The summed E-state index contributed by atoms with van der Waals surface area (Å²) in [7, 11) is 0. The SMILES string of the molecule is Cc1cccc(C(=O)NCC(=O)NN=Cc2ccc(OC(=O)c3ccc(Cl)cc3)cc2)c1. The number of aryl methyl sites for hydroxylation is 1. The van der Waals surface area contributed by atoms with E-state index in [1.54, 1.807) is 66.7 Å². The van der Waals surface area contributed by atoms with E-state index in [-0.39, 0.29) is 12.5 Å². The lowest BCUT2D eigenvalue weighted by molar-refractivity contribution is -0.120. The highest BCUT2D eigenvalue weighted by Crippen LogP contribution is 2.15. The van der Waals surface area contributed by atoms with E-state index in [1.807, 2.05) is 13.0 Å². The van der Waals surface area contributed by atoms with Gasteiger partial charge in [-0.3, -0.25) is 9.59 Å². The molecule has 7 nitrogen and oxygen atoms in total. The highest BCUT2D eigenvalue weighted by molar-refractivity contribution is 6.30. The van der Waals surface area contributed by atoms with Gasteiger partial charge in [0, 0.05) is 10.6 Å². The number of benzene rings is 3. The molecule has 2 amide bonds. The van der Waals surface area contributed by atoms with Crippen LogP contribution in [0.1, 0.15) is 31.8 Å². The summed E-state index contributed by atoms with van der Waals surface area (Å²) in [6.45, 7) is 1.68. The van der Waals surface area contributed by atoms with Gasteiger partial charge in [-0.1, -0.05) is 29.3 Å². The highest BCUT2D eigenvalue weighted by Gasteiger charge is 2.09. The molecule has 0 aliphatic carbocycles. The summed E-state index contributed by atoms with van der Waals surface area (Å²) in [5.74, 6) is -0.930. The summed E-state index contributed by atoms with van der Waals surface area (Å²) in [4.78, 5) is 36.0. The quantitative estimate of drug-likeness (QED) is 0.248. The van der Waals surface area contributed by atoms with Crippen molar-refractivity contribution in [1.82, 2.24) is 10.7 Å². The Kier molecular flexibility index (Phi) is 7.72. The van der Waals surface area contributed by atoms with Crippen molar-refractivity contribution >= 4 is 35.6 Å². The van der Waals surface area contributed by atoms with Crippen molar-refractivity contribution in [2.75, 3.05) is 6.54 Å². The Morgan fingerprint density at radius 2 is 1.69 bits per heavy atom. The van der Waals surface area contributed by atoms with E-state index in [2.05, 4.69) is 15.8 Å². The van der Waals surface area contributed by atoms with Crippen molar-refractivity contribution in [1.29, 1.82) is 0 Å². The van der Waals surface area contributed by atoms with E-state index < -0.39 is 11.9 Å². The molecule has 0 spiro atoms. The predicted molar refractivity (Wildman–Crippen MR) is 122 cm³/mol. The molecule has 3 aromatic carbocycles. The van der Waals surface area contributed by atoms with Gasteiger partial charge in [-0.15, -0.1) is 0 Å². The zero-order valence-electron chi connectivity index (χ0n) is 17.2. The van der Waals surface area contributed by atoms with Gasteiger partial charge in [0.15, 0.2) is 0 Å². The summed E-state index contributed by atoms with van der Waals surface area (Å²) in [6, 6.07) is 20.0. The molecule has 0 atom stereocenters. The lowest BCUT2D eigenvalue weighted by Gasteiger charge is -2.05. The fourth-order valence-electron chi connectivity index (χ4n) is 2.64. The molecule has 32 heavy (non-hydrogen) atoms. The number of halogens is 1. The van der Waals surface area contributed by atoms with Crippen LogP contribution in [-0.4, -0.2) is 30.5 Å². The van der Waals surface area contributed by atoms with Crippen LogP contribution in [0.3, 0.4) is 0 Å². The second kappa shape index (κ2) is 10.9. The number of carbonyl (C=O) groups excluding carboxylic acids is 3. The minimum atomic E-state index is -0.497. The Morgan fingerprint density at radius 3 is 2.38 bits per heavy atom. The van der Waals surface area contributed by atoms with Gasteiger partial charge in [-0.25, -0.2) is 10.2 Å². The van der Waals surface area contributed by atoms with Gasteiger partial charge in [0.05, 0.1) is 18.3 Å². The Balaban J connectivity index is 1.45. The minimum absolute atomic E-state index is 0.205. The molecule has 0 aliphatic heterocycles. The molecular weight excluding hydrogens is 430 g/mol. The number of hydrogen-bond donors (Lipinski definition) is 2. The number of rotatable bonds is 7. The van der Waals surface area contributed by atoms with Crippen LogP contribution in [0.4, 0.5) is 0 Å². The Bertz CT molecular complexity index is 1140. The number of nitrogens with one attached hydrogen (secondary N) is 2. The molecule has 0 saturated carbocycles. The third-order valence-electron chi connectivity index (χ3n) is 4.26. The highest BCUT2D eigenvalue weighted by atomic mass is 35.5. The first kappa shape index (κ1) is 22.7. The fraction of sp³-hybridized carbons (Fsp3) is 0.0833. The number of esters is 1. The number of amides is 2. The molecule has 2 N–H and O–H groups in total. The smallest absolute Gasteiger partial charge is 0.343 e. The van der Waals surface area contributed by atoms with E-state index in [0.717, 1.165) is 5.56 Å². The number of nitrogens with zero attached hydrogens (tertiary/aromatic N) is 1. The topological polar surface area (TPSA) is 96.9 Å². The second-order valence-corrected chi connectivity index (χ2v) is 7.25. The summed E-state index contributed by atoms with van der Waals surface area (Å²) in [5, 5.41) is 6.93. The van der Waals surface area contributed by atoms with E-state index in [1.165, 1.54) is 6.21 Å². The van der Waals surface area contributed by atoms with Gasteiger partial charge < -0.3 is 10.1 Å². The summed E-state index contributed by atoms with van der Waals surface area (Å²) >= 11 is 5.81. The molecule has 3 aromatic rings. The normalized spacial score (nSPS) is 10.6. The minimum Gasteiger partial charge on any atom is -0.423 e. The van der Waals surface area contributed by atoms with Crippen molar-refractivity contribution in [3.63, 3.8) is 0 Å². The number of carbonyl (C=O) groups is 3. The molecule has 0 fully saturated rings. The first-order valence-electron chi connectivity index (χ1n) is 9.65. The summed E-state index contributed by atoms with van der Waals surface area (Å²) < 4.78 is 5.30. The molecule has 0 heterocycles. The van der Waals surface area contributed by atoms with Crippen LogP contribution in [-0.2, 0) is 4.79 Å². The Morgan fingerprint density at radius 1 is 0.969 bits per heavy atom. The summed E-state index contributed by atoms with van der Waals surface area (Å²) in [5.41, 5.74) is 4.85. The van der Waals surface area contributed by atoms with Gasteiger partial charge >= 0.3 is 5.97 Å². The molecule has 0 saturated heterocycles. The van der Waals surface area contributed by atoms with Crippen molar-refractivity contribution in [3.8, 4) is 5.75 Å². The van der Waals surface area contributed by atoms with Gasteiger partial charge in [-0.05, 0) is 73.2 Å². The van der Waals surface area contributed by atoms with Crippen LogP contribution in [0.15, 0.2) is 77.9 Å². The van der Waals surface area contributed by atoms with Gasteiger partial charge in [-0.2, -0.15) is 5.10 Å². The second-order valence-electron chi connectivity index (χ2n) is 6.81. The monoisotopic (exact) mass is 449 g/mol. The average Bonchev–Trinajstić information content (AvgIpc) is 2.79. The van der Waals surface area contributed by atoms with Crippen molar-refractivity contribution in [2.45, 2.75) is 6.92 Å². The van der Waals surface area contributed by atoms with E-state index in [9.17, 15) is 14.4 Å². The number of hydrogen-bond acceptors (Lipinski definition) is 5. The zero-order valence-corrected chi connectivity index (χ0v) is 17.9. The van der Waals surface area contributed by atoms with Gasteiger partial charge in [0.1, 0.15) is 5.75 Å². The first-order chi connectivity index (χ1) is 15.4. The molecule has 3 rings (SSSR count). The standard InChI is InChI=1S/C24H20ClN3O4/c1-16-3-2-4-19(13-16)23(30)26-15-22(29)28-27-14-17-5-11-21(12-6-17)32-24(31)18-7-9-20(25)10-8-18/h2-14H,15H2,1H3,(H,26,30)(H,28,29). The van der Waals surface area contributed by atoms with Crippen molar-refractivity contribution in [3.05, 3.63) is 100 Å². The molecule has 162 valence electrons. The average molecular weight is 450 g/mol. The number of hydrazone groups is 1. The van der Waals surface area contributed by atoms with E-state index in [4.69, 9.17) is 16.3 Å². The fourth-order valence-corrected chi connectivity index (χ4v) is 2.77.